The number of carbonyl (C=O) groups excluding carboxylic acids is 2. The monoisotopic (exact) mass is 353 g/mol. The van der Waals surface area contributed by atoms with Crippen LogP contribution in [0.15, 0.2) is 60.7 Å². The van der Waals surface area contributed by atoms with Crippen LogP contribution in [0.2, 0.25) is 0 Å². The van der Waals surface area contributed by atoms with E-state index in [1.807, 2.05) is 60.7 Å². The molecule has 1 fully saturated rings. The second-order valence-electron chi connectivity index (χ2n) is 6.33. The van der Waals surface area contributed by atoms with Gasteiger partial charge in [-0.2, -0.15) is 0 Å². The van der Waals surface area contributed by atoms with Crippen molar-refractivity contribution in [1.82, 2.24) is 4.90 Å². The molecule has 2 aromatic carbocycles. The SMILES string of the molecule is O=C(CCCOCc1ccccc1)N1C(=O)OC[C@H]1Cc1ccccc1. The molecule has 1 heterocycles. The molecule has 0 bridgehead atoms. The van der Waals surface area contributed by atoms with E-state index in [-0.39, 0.29) is 25.0 Å². The fraction of sp³-hybridized carbons (Fsp3) is 0.333. The molecule has 0 unspecified atom stereocenters. The highest BCUT2D eigenvalue weighted by atomic mass is 16.6. The van der Waals surface area contributed by atoms with Crippen LogP contribution in [0.3, 0.4) is 0 Å². The van der Waals surface area contributed by atoms with Gasteiger partial charge < -0.3 is 9.47 Å². The smallest absolute Gasteiger partial charge is 0.416 e. The predicted molar refractivity (Wildman–Crippen MR) is 97.5 cm³/mol. The van der Waals surface area contributed by atoms with E-state index in [9.17, 15) is 9.59 Å². The van der Waals surface area contributed by atoms with Gasteiger partial charge in [0.2, 0.25) is 5.91 Å². The fourth-order valence-corrected chi connectivity index (χ4v) is 3.01. The van der Waals surface area contributed by atoms with Gasteiger partial charge in [-0.15, -0.1) is 0 Å². The molecule has 0 radical (unpaired) electrons. The molecular weight excluding hydrogens is 330 g/mol. The van der Waals surface area contributed by atoms with Crippen molar-refractivity contribution in [3.05, 3.63) is 71.8 Å². The van der Waals surface area contributed by atoms with Crippen molar-refractivity contribution >= 4 is 12.0 Å². The zero-order valence-electron chi connectivity index (χ0n) is 14.7. The normalized spacial score (nSPS) is 16.5. The Kier molecular flexibility index (Phi) is 6.39. The molecule has 1 aliphatic heterocycles. The van der Waals surface area contributed by atoms with Crippen LogP contribution in [0.5, 0.6) is 0 Å². The molecule has 0 saturated carbocycles. The third-order valence-electron chi connectivity index (χ3n) is 4.33. The van der Waals surface area contributed by atoms with Crippen molar-refractivity contribution in [2.24, 2.45) is 0 Å². The van der Waals surface area contributed by atoms with Crippen LogP contribution in [0.1, 0.15) is 24.0 Å². The maximum Gasteiger partial charge on any atom is 0.416 e. The molecule has 2 aromatic rings. The van der Waals surface area contributed by atoms with Gasteiger partial charge in [0, 0.05) is 13.0 Å². The van der Waals surface area contributed by atoms with Crippen LogP contribution in [-0.4, -0.2) is 36.2 Å². The molecular formula is C21H23NO4. The number of hydrogen-bond donors (Lipinski definition) is 0. The first-order valence-electron chi connectivity index (χ1n) is 8.88. The number of rotatable bonds is 8. The molecule has 1 atom stereocenters. The summed E-state index contributed by atoms with van der Waals surface area (Å²) in [5.74, 6) is -0.197. The summed E-state index contributed by atoms with van der Waals surface area (Å²) < 4.78 is 10.7. The van der Waals surface area contributed by atoms with Gasteiger partial charge in [-0.1, -0.05) is 60.7 Å². The average molecular weight is 353 g/mol. The number of imide groups is 1. The Bertz CT molecular complexity index is 717. The molecule has 26 heavy (non-hydrogen) atoms. The van der Waals surface area contributed by atoms with Gasteiger partial charge in [0.05, 0.1) is 12.6 Å². The summed E-state index contributed by atoms with van der Waals surface area (Å²) in [6.45, 7) is 1.26. The zero-order chi connectivity index (χ0) is 18.2. The maximum atomic E-state index is 12.5. The molecule has 0 N–H and O–H groups in total. The van der Waals surface area contributed by atoms with Gasteiger partial charge in [-0.25, -0.2) is 9.69 Å². The molecule has 0 aromatic heterocycles. The van der Waals surface area contributed by atoms with E-state index in [1.54, 1.807) is 0 Å². The molecule has 0 aliphatic carbocycles. The summed E-state index contributed by atoms with van der Waals surface area (Å²) in [6, 6.07) is 19.5. The first-order valence-corrected chi connectivity index (χ1v) is 8.88. The summed E-state index contributed by atoms with van der Waals surface area (Å²) in [5.41, 5.74) is 2.18. The Morgan fingerprint density at radius 1 is 1.04 bits per heavy atom. The van der Waals surface area contributed by atoms with E-state index in [2.05, 4.69) is 0 Å². The van der Waals surface area contributed by atoms with E-state index >= 15 is 0 Å². The van der Waals surface area contributed by atoms with Gasteiger partial charge in [0.1, 0.15) is 6.61 Å². The number of cyclic esters (lactones) is 1. The van der Waals surface area contributed by atoms with Crippen LogP contribution in [0.4, 0.5) is 4.79 Å². The van der Waals surface area contributed by atoms with Crippen molar-refractivity contribution in [3.63, 3.8) is 0 Å². The molecule has 0 spiro atoms. The van der Waals surface area contributed by atoms with Crippen LogP contribution in [-0.2, 0) is 27.3 Å². The Hall–Kier alpha value is -2.66. The van der Waals surface area contributed by atoms with Crippen LogP contribution in [0.25, 0.3) is 0 Å². The van der Waals surface area contributed by atoms with Gasteiger partial charge in [0.25, 0.3) is 0 Å². The number of amides is 2. The maximum absolute atomic E-state index is 12.5. The molecule has 136 valence electrons. The van der Waals surface area contributed by atoms with E-state index in [4.69, 9.17) is 9.47 Å². The fourth-order valence-electron chi connectivity index (χ4n) is 3.01. The largest absolute Gasteiger partial charge is 0.447 e. The summed E-state index contributed by atoms with van der Waals surface area (Å²) in [5, 5.41) is 0. The summed E-state index contributed by atoms with van der Waals surface area (Å²) >= 11 is 0. The van der Waals surface area contributed by atoms with Crippen molar-refractivity contribution in [3.8, 4) is 0 Å². The van der Waals surface area contributed by atoms with Gasteiger partial charge in [-0.05, 0) is 24.0 Å². The molecule has 1 saturated heterocycles. The van der Waals surface area contributed by atoms with Crippen LogP contribution < -0.4 is 0 Å². The second kappa shape index (κ2) is 9.15. The third-order valence-corrected chi connectivity index (χ3v) is 4.33. The minimum atomic E-state index is -0.541. The van der Waals surface area contributed by atoms with Crippen molar-refractivity contribution in [2.45, 2.75) is 31.9 Å². The summed E-state index contributed by atoms with van der Waals surface area (Å²) in [7, 11) is 0. The minimum Gasteiger partial charge on any atom is -0.447 e. The molecule has 5 nitrogen and oxygen atoms in total. The first-order chi connectivity index (χ1) is 12.7. The second-order valence-corrected chi connectivity index (χ2v) is 6.33. The van der Waals surface area contributed by atoms with E-state index in [1.165, 1.54) is 4.90 Å². The summed E-state index contributed by atoms with van der Waals surface area (Å²) in [6.07, 6.45) is 0.923. The zero-order valence-corrected chi connectivity index (χ0v) is 14.7. The molecule has 3 rings (SSSR count). The lowest BCUT2D eigenvalue weighted by molar-refractivity contribution is -0.129. The Labute approximate surface area is 153 Å². The van der Waals surface area contributed by atoms with Gasteiger partial charge in [0.15, 0.2) is 0 Å². The van der Waals surface area contributed by atoms with E-state index in [0.717, 1.165) is 11.1 Å². The number of hydrogen-bond acceptors (Lipinski definition) is 4. The predicted octanol–water partition coefficient (Wildman–Crippen LogP) is 3.57. The topological polar surface area (TPSA) is 55.8 Å². The van der Waals surface area contributed by atoms with Gasteiger partial charge in [-0.3, -0.25) is 4.79 Å². The van der Waals surface area contributed by atoms with Crippen LogP contribution in [0, 0.1) is 0 Å². The third kappa shape index (κ3) is 4.92. The lowest BCUT2D eigenvalue weighted by Crippen LogP contribution is -2.40. The Balaban J connectivity index is 1.44. The first kappa shape index (κ1) is 18.1. The minimum absolute atomic E-state index is 0.197. The quantitative estimate of drug-likeness (QED) is 0.681. The lowest BCUT2D eigenvalue weighted by Gasteiger charge is -2.19. The number of ether oxygens (including phenoxy) is 2. The Morgan fingerprint density at radius 2 is 1.69 bits per heavy atom. The highest BCUT2D eigenvalue weighted by molar-refractivity contribution is 5.93. The standard InChI is InChI=1S/C21H23NO4/c23-20(12-7-13-25-15-18-10-5-2-6-11-18)22-19(16-26-21(22)24)14-17-8-3-1-4-9-17/h1-6,8-11,19H,7,12-16H2/t19-/m1/s1. The highest BCUT2D eigenvalue weighted by Gasteiger charge is 2.37. The van der Waals surface area contributed by atoms with E-state index in [0.29, 0.717) is 26.1 Å². The highest BCUT2D eigenvalue weighted by Crippen LogP contribution is 2.19. The van der Waals surface area contributed by atoms with Crippen molar-refractivity contribution in [2.75, 3.05) is 13.2 Å². The summed E-state index contributed by atoms with van der Waals surface area (Å²) in [4.78, 5) is 25.7. The molecule has 2 amide bonds. The number of carbonyl (C=O) groups is 2. The average Bonchev–Trinajstić information content (AvgIpc) is 3.03. The number of nitrogens with zero attached hydrogens (tertiary/aromatic N) is 1. The number of benzene rings is 2. The van der Waals surface area contributed by atoms with Crippen LogP contribution >= 0.6 is 0 Å². The van der Waals surface area contributed by atoms with Crippen molar-refractivity contribution < 1.29 is 19.1 Å². The molecule has 5 heteroatoms. The van der Waals surface area contributed by atoms with Crippen molar-refractivity contribution in [1.29, 1.82) is 0 Å². The molecule has 1 aliphatic rings. The van der Waals surface area contributed by atoms with E-state index < -0.39 is 6.09 Å². The Morgan fingerprint density at radius 3 is 2.38 bits per heavy atom. The van der Waals surface area contributed by atoms with Gasteiger partial charge >= 0.3 is 6.09 Å². The lowest BCUT2D eigenvalue weighted by atomic mass is 10.1.